The number of hydrogen-bond donors (Lipinski definition) is 7. The van der Waals surface area contributed by atoms with E-state index in [0.717, 1.165) is 0 Å². The summed E-state index contributed by atoms with van der Waals surface area (Å²) in [7, 11) is 0. The summed E-state index contributed by atoms with van der Waals surface area (Å²) in [5.74, 6) is -5.02. The highest BCUT2D eigenvalue weighted by Crippen LogP contribution is 2.20. The van der Waals surface area contributed by atoms with Gasteiger partial charge in [-0.25, -0.2) is 4.79 Å². The van der Waals surface area contributed by atoms with Crippen LogP contribution in [0.1, 0.15) is 31.7 Å². The number of carboxylic acids is 2. The van der Waals surface area contributed by atoms with Crippen molar-refractivity contribution in [2.45, 2.75) is 62.9 Å². The molecule has 192 valence electrons. The number of phenolic OH excluding ortho intramolecular Hbond substituents is 1. The van der Waals surface area contributed by atoms with Crippen LogP contribution >= 0.6 is 0 Å². The smallest absolute Gasteiger partial charge is 0.328 e. The summed E-state index contributed by atoms with van der Waals surface area (Å²) in [6, 6.07) is 0.553. The van der Waals surface area contributed by atoms with Crippen molar-refractivity contribution in [1.82, 2.24) is 15.5 Å². The van der Waals surface area contributed by atoms with E-state index in [1.54, 1.807) is 0 Å². The number of aliphatic carboxylic acids is 2. The Kier molecular flexibility index (Phi) is 9.54. The maximum Gasteiger partial charge on any atom is 0.328 e. The first-order valence-electron chi connectivity index (χ1n) is 11.0. The molecular weight excluding hydrogens is 464 g/mol. The second-order valence-electron chi connectivity index (χ2n) is 8.39. The topological polar surface area (TPSA) is 220 Å². The van der Waals surface area contributed by atoms with Crippen molar-refractivity contribution in [2.24, 2.45) is 5.73 Å². The summed E-state index contributed by atoms with van der Waals surface area (Å²) < 4.78 is 0. The Morgan fingerprint density at radius 2 is 1.74 bits per heavy atom. The number of aromatic hydroxyl groups is 1. The number of phenols is 1. The second-order valence-corrected chi connectivity index (χ2v) is 8.39. The zero-order valence-corrected chi connectivity index (χ0v) is 19.1. The molecule has 2 rings (SSSR count). The van der Waals surface area contributed by atoms with Crippen molar-refractivity contribution >= 4 is 29.7 Å². The molecule has 1 aliphatic rings. The van der Waals surface area contributed by atoms with Crippen LogP contribution in [0.5, 0.6) is 5.75 Å². The van der Waals surface area contributed by atoms with Gasteiger partial charge in [-0.2, -0.15) is 0 Å². The average Bonchev–Trinajstić information content (AvgIpc) is 3.26. The van der Waals surface area contributed by atoms with Gasteiger partial charge in [-0.1, -0.05) is 12.1 Å². The normalized spacial score (nSPS) is 18.7. The predicted molar refractivity (Wildman–Crippen MR) is 120 cm³/mol. The van der Waals surface area contributed by atoms with Gasteiger partial charge >= 0.3 is 11.9 Å². The largest absolute Gasteiger partial charge is 0.508 e. The molecule has 0 radical (unpaired) electrons. The molecule has 1 fully saturated rings. The van der Waals surface area contributed by atoms with Crippen LogP contribution in [0, 0.1) is 0 Å². The Morgan fingerprint density at radius 3 is 2.29 bits per heavy atom. The van der Waals surface area contributed by atoms with Gasteiger partial charge < -0.3 is 41.7 Å². The van der Waals surface area contributed by atoms with Crippen molar-refractivity contribution in [1.29, 1.82) is 0 Å². The predicted octanol–water partition coefficient (Wildman–Crippen LogP) is -1.84. The molecule has 13 nitrogen and oxygen atoms in total. The number of benzene rings is 1. The van der Waals surface area contributed by atoms with Crippen LogP contribution in [0.2, 0.25) is 0 Å². The lowest BCUT2D eigenvalue weighted by Crippen LogP contribution is -2.58. The monoisotopic (exact) mass is 494 g/mol. The summed E-state index contributed by atoms with van der Waals surface area (Å²) in [6.45, 7) is 1.37. The van der Waals surface area contributed by atoms with Crippen molar-refractivity contribution in [3.8, 4) is 5.75 Å². The lowest BCUT2D eigenvalue weighted by Gasteiger charge is -2.28. The summed E-state index contributed by atoms with van der Waals surface area (Å²) in [5.41, 5.74) is 6.21. The number of aliphatic hydroxyl groups excluding tert-OH is 1. The molecule has 0 saturated carbocycles. The summed E-state index contributed by atoms with van der Waals surface area (Å²) >= 11 is 0. The van der Waals surface area contributed by atoms with Gasteiger partial charge in [-0.05, 0) is 37.5 Å². The minimum Gasteiger partial charge on any atom is -0.508 e. The molecule has 5 atom stereocenters. The molecule has 5 unspecified atom stereocenters. The minimum atomic E-state index is -1.62. The fourth-order valence-electron chi connectivity index (χ4n) is 3.78. The first-order chi connectivity index (χ1) is 16.4. The highest BCUT2D eigenvalue weighted by atomic mass is 16.4. The number of aliphatic hydroxyl groups is 1. The number of carbonyl (C=O) groups excluding carboxylic acids is 3. The van der Waals surface area contributed by atoms with Crippen molar-refractivity contribution in [3.63, 3.8) is 0 Å². The number of hydrogen-bond acceptors (Lipinski definition) is 8. The van der Waals surface area contributed by atoms with Crippen LogP contribution in [-0.4, -0.2) is 91.8 Å². The fraction of sp³-hybridized carbons (Fsp3) is 0.500. The summed E-state index contributed by atoms with van der Waals surface area (Å²) in [5, 5.41) is 42.1. The van der Waals surface area contributed by atoms with E-state index in [1.807, 2.05) is 0 Å². The molecule has 1 aromatic carbocycles. The Balaban J connectivity index is 2.22. The minimum absolute atomic E-state index is 0.0170. The van der Waals surface area contributed by atoms with Gasteiger partial charge in [-0.3, -0.25) is 19.2 Å². The van der Waals surface area contributed by atoms with Crippen molar-refractivity contribution < 1.29 is 44.4 Å². The van der Waals surface area contributed by atoms with E-state index < -0.39 is 66.4 Å². The van der Waals surface area contributed by atoms with Gasteiger partial charge in [0.25, 0.3) is 0 Å². The Bertz CT molecular complexity index is 951. The fourth-order valence-corrected chi connectivity index (χ4v) is 3.78. The van der Waals surface area contributed by atoms with Crippen LogP contribution < -0.4 is 16.4 Å². The molecule has 8 N–H and O–H groups in total. The Hall–Kier alpha value is -3.71. The van der Waals surface area contributed by atoms with Gasteiger partial charge in [0.2, 0.25) is 17.7 Å². The molecule has 1 aliphatic heterocycles. The third-order valence-electron chi connectivity index (χ3n) is 5.61. The van der Waals surface area contributed by atoms with E-state index in [4.69, 9.17) is 10.8 Å². The molecule has 0 aliphatic carbocycles. The van der Waals surface area contributed by atoms with E-state index in [0.29, 0.717) is 12.0 Å². The zero-order chi connectivity index (χ0) is 26.3. The van der Waals surface area contributed by atoms with E-state index in [9.17, 15) is 39.3 Å². The lowest BCUT2D eigenvalue weighted by atomic mass is 10.0. The molecule has 13 heteroatoms. The number of nitrogens with two attached hydrogens (primary N) is 1. The van der Waals surface area contributed by atoms with Gasteiger partial charge in [0.1, 0.15) is 17.8 Å². The number of likely N-dealkylation sites (tertiary alicyclic amines) is 1. The second kappa shape index (κ2) is 12.1. The number of rotatable bonds is 11. The molecule has 3 amide bonds. The highest BCUT2D eigenvalue weighted by molar-refractivity contribution is 5.95. The maximum absolute atomic E-state index is 13.1. The maximum atomic E-state index is 13.1. The highest BCUT2D eigenvalue weighted by Gasteiger charge is 2.38. The average molecular weight is 495 g/mol. The van der Waals surface area contributed by atoms with Gasteiger partial charge in [-0.15, -0.1) is 0 Å². The molecule has 0 spiro atoms. The van der Waals surface area contributed by atoms with E-state index >= 15 is 0 Å². The SMILES string of the molecule is CC(O)C(NC(=O)C(Cc1ccc(O)cc1)NC(=O)C1CCCN1C(=O)C(N)CC(=O)O)C(=O)O. The number of carbonyl (C=O) groups is 5. The van der Waals surface area contributed by atoms with Crippen LogP contribution in [-0.2, 0) is 30.4 Å². The van der Waals surface area contributed by atoms with Crippen LogP contribution in [0.25, 0.3) is 0 Å². The molecule has 1 heterocycles. The van der Waals surface area contributed by atoms with Crippen molar-refractivity contribution in [2.75, 3.05) is 6.54 Å². The summed E-state index contributed by atoms with van der Waals surface area (Å²) in [6.07, 6.45) is -1.38. The quantitative estimate of drug-likeness (QED) is 0.182. The van der Waals surface area contributed by atoms with E-state index in [-0.39, 0.29) is 25.1 Å². The van der Waals surface area contributed by atoms with E-state index in [1.165, 1.54) is 36.1 Å². The van der Waals surface area contributed by atoms with Crippen molar-refractivity contribution in [3.05, 3.63) is 29.8 Å². The van der Waals surface area contributed by atoms with Crippen LogP contribution in [0.3, 0.4) is 0 Å². The number of nitrogens with one attached hydrogen (secondary N) is 2. The number of carboxylic acid groups (broad SMARTS) is 2. The number of nitrogens with zero attached hydrogens (tertiary/aromatic N) is 1. The molecule has 1 saturated heterocycles. The Morgan fingerprint density at radius 1 is 1.11 bits per heavy atom. The first kappa shape index (κ1) is 27.5. The zero-order valence-electron chi connectivity index (χ0n) is 19.1. The van der Waals surface area contributed by atoms with Gasteiger partial charge in [0, 0.05) is 13.0 Å². The summed E-state index contributed by atoms with van der Waals surface area (Å²) in [4.78, 5) is 62.0. The first-order valence-corrected chi connectivity index (χ1v) is 11.0. The standard InChI is InChI=1S/C22H30N4O9/c1-11(27)18(22(34)35)25-19(31)15(9-12-4-6-13(28)7-5-12)24-20(32)16-3-2-8-26(16)21(33)14(23)10-17(29)30/h4-7,11,14-16,18,27-28H,2-3,8-10,23H2,1H3,(H,24,32)(H,25,31)(H,29,30)(H,34,35). The molecule has 0 bridgehead atoms. The number of amides is 3. The molecule has 35 heavy (non-hydrogen) atoms. The van der Waals surface area contributed by atoms with Crippen LogP contribution in [0.15, 0.2) is 24.3 Å². The third kappa shape index (κ3) is 7.65. The Labute approximate surface area is 200 Å². The van der Waals surface area contributed by atoms with Gasteiger partial charge in [0.15, 0.2) is 6.04 Å². The third-order valence-corrected chi connectivity index (χ3v) is 5.61. The van der Waals surface area contributed by atoms with Crippen LogP contribution in [0.4, 0.5) is 0 Å². The molecule has 1 aromatic rings. The van der Waals surface area contributed by atoms with E-state index in [2.05, 4.69) is 10.6 Å². The lowest BCUT2D eigenvalue weighted by molar-refractivity contribution is -0.145. The molecule has 0 aromatic heterocycles. The molecular formula is C22H30N4O9. The van der Waals surface area contributed by atoms with Gasteiger partial charge in [0.05, 0.1) is 18.6 Å².